The number of hydrogen-bond acceptors (Lipinski definition) is 3. The summed E-state index contributed by atoms with van der Waals surface area (Å²) in [7, 11) is 0. The van der Waals surface area contributed by atoms with E-state index in [-0.39, 0.29) is 5.78 Å². The first-order valence-corrected chi connectivity index (χ1v) is 12.7. The Labute approximate surface area is 190 Å². The van der Waals surface area contributed by atoms with Crippen molar-refractivity contribution in [3.8, 4) is 0 Å². The number of Topliss-reactive ketones (excluding diaryl/α,β-unsaturated/α-hetero) is 1. The van der Waals surface area contributed by atoms with Gasteiger partial charge in [0.05, 0.1) is 0 Å². The fourth-order valence-corrected chi connectivity index (χ4v) is 3.98. The Morgan fingerprint density at radius 3 is 1.55 bits per heavy atom. The zero-order valence-electron chi connectivity index (χ0n) is 19.7. The number of carbonyl (C=O) groups is 2. The summed E-state index contributed by atoms with van der Waals surface area (Å²) in [4.78, 5) is 23.8. The fraction of sp³-hybridized carbons (Fsp3) is 0.704. The zero-order chi connectivity index (χ0) is 22.6. The molecule has 0 aliphatic heterocycles. The largest absolute Gasteiger partial charge is 0.480 e. The summed E-state index contributed by atoms with van der Waals surface area (Å²) in [6, 6.07) is 7.49. The summed E-state index contributed by atoms with van der Waals surface area (Å²) in [5.41, 5.74) is 0.439. The van der Waals surface area contributed by atoms with Crippen LogP contribution in [0.25, 0.3) is 0 Å². The molecule has 0 bridgehead atoms. The van der Waals surface area contributed by atoms with E-state index in [1.165, 1.54) is 89.9 Å². The molecule has 0 spiro atoms. The van der Waals surface area contributed by atoms with Gasteiger partial charge in [-0.2, -0.15) is 0 Å². The summed E-state index contributed by atoms with van der Waals surface area (Å²) in [5.74, 6) is -1.48. The van der Waals surface area contributed by atoms with Crippen molar-refractivity contribution in [1.82, 2.24) is 5.32 Å². The Morgan fingerprint density at radius 1 is 0.710 bits per heavy atom. The first-order chi connectivity index (χ1) is 15.2. The Balaban J connectivity index is 1.93. The number of carbonyl (C=O) groups excluding carboxylic acids is 1. The highest BCUT2D eigenvalue weighted by Crippen LogP contribution is 2.13. The van der Waals surface area contributed by atoms with Crippen molar-refractivity contribution in [3.63, 3.8) is 0 Å². The van der Waals surface area contributed by atoms with Gasteiger partial charge >= 0.3 is 5.97 Å². The highest BCUT2D eigenvalue weighted by atomic mass is 16.4. The number of hydrogen-bond donors (Lipinski definition) is 2. The van der Waals surface area contributed by atoms with E-state index in [4.69, 9.17) is 0 Å². The Morgan fingerprint density at radius 2 is 1.13 bits per heavy atom. The van der Waals surface area contributed by atoms with Crippen LogP contribution in [0.5, 0.6) is 0 Å². The van der Waals surface area contributed by atoms with E-state index in [1.807, 2.05) is 6.07 Å². The molecule has 0 aliphatic carbocycles. The van der Waals surface area contributed by atoms with Crippen LogP contribution in [0.15, 0.2) is 30.3 Å². The third-order valence-corrected chi connectivity index (χ3v) is 5.95. The van der Waals surface area contributed by atoms with Gasteiger partial charge in [-0.05, 0) is 13.0 Å². The van der Waals surface area contributed by atoms with Gasteiger partial charge in [0.25, 0.3) is 0 Å². The van der Waals surface area contributed by atoms with Crippen LogP contribution >= 0.6 is 0 Å². The molecule has 0 saturated heterocycles. The summed E-state index contributed by atoms with van der Waals surface area (Å²) in [6.45, 7) is 2.83. The van der Waals surface area contributed by atoms with Crippen LogP contribution in [0.1, 0.15) is 120 Å². The minimum atomic E-state index is -1.15. The molecular weight excluding hydrogens is 386 g/mol. The predicted molar refractivity (Wildman–Crippen MR) is 130 cm³/mol. The molecule has 4 heteroatoms. The zero-order valence-corrected chi connectivity index (χ0v) is 19.7. The first-order valence-electron chi connectivity index (χ1n) is 12.7. The molecule has 4 nitrogen and oxygen atoms in total. The lowest BCUT2D eigenvalue weighted by Gasteiger charge is -2.13. The Bertz CT molecular complexity index is 573. The number of carboxylic acid groups (broad SMARTS) is 1. The van der Waals surface area contributed by atoms with E-state index in [0.29, 0.717) is 12.1 Å². The number of benzene rings is 1. The number of carboxylic acids is 1. The van der Waals surface area contributed by atoms with Crippen molar-refractivity contribution >= 4 is 11.8 Å². The molecule has 1 aromatic rings. The van der Waals surface area contributed by atoms with Crippen molar-refractivity contribution in [2.75, 3.05) is 6.54 Å². The van der Waals surface area contributed by atoms with Crippen LogP contribution in [0.2, 0.25) is 0 Å². The monoisotopic (exact) mass is 431 g/mol. The minimum absolute atomic E-state index is 0.371. The normalized spacial score (nSPS) is 12.0. The van der Waals surface area contributed by atoms with Crippen LogP contribution in [-0.2, 0) is 4.79 Å². The molecule has 1 aromatic carbocycles. The predicted octanol–water partition coefficient (Wildman–Crippen LogP) is 7.17. The highest BCUT2D eigenvalue weighted by Gasteiger charge is 2.26. The third-order valence-electron chi connectivity index (χ3n) is 5.95. The summed E-state index contributed by atoms with van der Waals surface area (Å²) in [5, 5.41) is 12.3. The number of rotatable bonds is 21. The topological polar surface area (TPSA) is 66.4 Å². The second kappa shape index (κ2) is 19.0. The van der Waals surface area contributed by atoms with Gasteiger partial charge in [-0.25, -0.2) is 0 Å². The molecule has 1 unspecified atom stereocenters. The molecule has 2 N–H and O–H groups in total. The van der Waals surface area contributed by atoms with Crippen molar-refractivity contribution in [2.24, 2.45) is 0 Å². The van der Waals surface area contributed by atoms with Crippen LogP contribution in [0.3, 0.4) is 0 Å². The molecule has 0 saturated carbocycles. The average Bonchev–Trinajstić information content (AvgIpc) is 2.78. The van der Waals surface area contributed by atoms with Crippen LogP contribution in [0, 0.1) is 0 Å². The van der Waals surface area contributed by atoms with E-state index in [0.717, 1.165) is 12.8 Å². The molecular formula is C27H45NO3. The van der Waals surface area contributed by atoms with Crippen molar-refractivity contribution in [2.45, 2.75) is 116 Å². The summed E-state index contributed by atoms with van der Waals surface area (Å²) >= 11 is 0. The van der Waals surface area contributed by atoms with Crippen molar-refractivity contribution < 1.29 is 14.7 Å². The maximum absolute atomic E-state index is 12.3. The molecule has 0 fully saturated rings. The molecule has 0 aromatic heterocycles. The quantitative estimate of drug-likeness (QED) is 0.123. The third kappa shape index (κ3) is 14.1. The Kier molecular flexibility index (Phi) is 16.8. The maximum Gasteiger partial charge on any atom is 0.328 e. The SMILES string of the molecule is CCCCCCCCCCCCCCCCCCNC(C(=O)O)C(=O)c1ccccc1. The van der Waals surface area contributed by atoms with E-state index < -0.39 is 12.0 Å². The lowest BCUT2D eigenvalue weighted by atomic mass is 10.0. The van der Waals surface area contributed by atoms with Gasteiger partial charge in [-0.1, -0.05) is 134 Å². The number of nitrogens with one attached hydrogen (secondary N) is 1. The van der Waals surface area contributed by atoms with Gasteiger partial charge in [0.1, 0.15) is 0 Å². The lowest BCUT2D eigenvalue weighted by Crippen LogP contribution is -2.43. The molecule has 0 radical (unpaired) electrons. The number of aliphatic carboxylic acids is 1. The van der Waals surface area contributed by atoms with Crippen molar-refractivity contribution in [3.05, 3.63) is 35.9 Å². The average molecular weight is 432 g/mol. The second-order valence-electron chi connectivity index (χ2n) is 8.76. The van der Waals surface area contributed by atoms with Gasteiger partial charge < -0.3 is 5.11 Å². The lowest BCUT2D eigenvalue weighted by molar-refractivity contribution is -0.138. The standard InChI is InChI=1S/C27H45NO3/c1-2-3-4-5-6-7-8-9-10-11-12-13-14-15-16-20-23-28-25(27(30)31)26(29)24-21-18-17-19-22-24/h17-19,21-22,25,28H,2-16,20,23H2,1H3,(H,30,31). The Hall–Kier alpha value is -1.68. The van der Waals surface area contributed by atoms with Crippen molar-refractivity contribution in [1.29, 1.82) is 0 Å². The summed E-state index contributed by atoms with van der Waals surface area (Å²) < 4.78 is 0. The molecule has 1 atom stereocenters. The van der Waals surface area contributed by atoms with E-state index >= 15 is 0 Å². The van der Waals surface area contributed by atoms with Crippen LogP contribution < -0.4 is 5.32 Å². The molecule has 31 heavy (non-hydrogen) atoms. The van der Waals surface area contributed by atoms with Crippen LogP contribution in [-0.4, -0.2) is 29.4 Å². The highest BCUT2D eigenvalue weighted by molar-refractivity contribution is 6.11. The second-order valence-corrected chi connectivity index (χ2v) is 8.76. The van der Waals surface area contributed by atoms with Gasteiger partial charge in [0.2, 0.25) is 0 Å². The van der Waals surface area contributed by atoms with Crippen LogP contribution in [0.4, 0.5) is 0 Å². The van der Waals surface area contributed by atoms with Gasteiger partial charge in [-0.3, -0.25) is 14.9 Å². The first kappa shape index (κ1) is 27.4. The van der Waals surface area contributed by atoms with E-state index in [9.17, 15) is 14.7 Å². The molecule has 0 aliphatic rings. The van der Waals surface area contributed by atoms with E-state index in [1.54, 1.807) is 24.3 Å². The van der Waals surface area contributed by atoms with E-state index in [2.05, 4.69) is 12.2 Å². The molecule has 176 valence electrons. The fourth-order valence-electron chi connectivity index (χ4n) is 3.98. The number of ketones is 1. The maximum atomic E-state index is 12.3. The summed E-state index contributed by atoms with van der Waals surface area (Å²) in [6.07, 6.45) is 21.0. The molecule has 0 heterocycles. The molecule has 0 amide bonds. The van der Waals surface area contributed by atoms with Gasteiger partial charge in [-0.15, -0.1) is 0 Å². The van der Waals surface area contributed by atoms with Gasteiger partial charge in [0, 0.05) is 5.56 Å². The van der Waals surface area contributed by atoms with Gasteiger partial charge in [0.15, 0.2) is 11.8 Å². The minimum Gasteiger partial charge on any atom is -0.480 e. The number of unbranched alkanes of at least 4 members (excludes halogenated alkanes) is 15. The smallest absolute Gasteiger partial charge is 0.328 e. The molecule has 1 rings (SSSR count).